The number of ether oxygens (including phenoxy) is 2. The third-order valence-corrected chi connectivity index (χ3v) is 8.28. The van der Waals surface area contributed by atoms with Crippen molar-refractivity contribution in [2.24, 2.45) is 0 Å². The Morgan fingerprint density at radius 3 is 2.35 bits per heavy atom. The zero-order chi connectivity index (χ0) is 33.6. The fourth-order valence-electron chi connectivity index (χ4n) is 5.67. The second-order valence-corrected chi connectivity index (χ2v) is 11.7. The Hall–Kier alpha value is -5.41. The van der Waals surface area contributed by atoms with Gasteiger partial charge in [0, 0.05) is 37.3 Å². The van der Waals surface area contributed by atoms with Gasteiger partial charge in [-0.3, -0.25) is 0 Å². The van der Waals surface area contributed by atoms with Gasteiger partial charge in [-0.15, -0.1) is 0 Å². The molecule has 0 amide bonds. The lowest BCUT2D eigenvalue weighted by Crippen LogP contribution is -2.10. The highest BCUT2D eigenvalue weighted by Gasteiger charge is 2.17. The van der Waals surface area contributed by atoms with Crippen molar-refractivity contribution in [1.82, 2.24) is 14.5 Å². The maximum atomic E-state index is 15.8. The Balaban J connectivity index is 1.29. The topological polar surface area (TPSA) is 86.5 Å². The first kappa shape index (κ1) is 32.5. The number of fused-ring (bicyclic) bond motifs is 1. The molecule has 0 saturated carbocycles. The number of aryl methyl sites for hydroxylation is 3. The van der Waals surface area contributed by atoms with Crippen molar-refractivity contribution in [3.05, 3.63) is 148 Å². The average Bonchev–Trinajstić information content (AvgIpc) is 3.43. The van der Waals surface area contributed by atoms with Crippen molar-refractivity contribution in [2.45, 2.75) is 39.3 Å². The van der Waals surface area contributed by atoms with Gasteiger partial charge >= 0.3 is 5.97 Å². The van der Waals surface area contributed by atoms with Crippen molar-refractivity contribution in [3.63, 3.8) is 0 Å². The molecule has 0 atom stereocenters. The summed E-state index contributed by atoms with van der Waals surface area (Å²) in [7, 11) is 1.59. The highest BCUT2D eigenvalue weighted by Crippen LogP contribution is 2.28. The number of pyridine rings is 1. The summed E-state index contributed by atoms with van der Waals surface area (Å²) >= 11 is 0. The van der Waals surface area contributed by atoms with Gasteiger partial charge in [0.25, 0.3) is 0 Å². The summed E-state index contributed by atoms with van der Waals surface area (Å²) in [5.74, 6) is -0.881. The normalized spacial score (nSPS) is 11.2. The van der Waals surface area contributed by atoms with Gasteiger partial charge in [-0.2, -0.15) is 0 Å². The van der Waals surface area contributed by atoms with Crippen LogP contribution in [0.25, 0.3) is 22.3 Å². The van der Waals surface area contributed by atoms with Gasteiger partial charge in [-0.05, 0) is 78.4 Å². The number of nitrogens with zero attached hydrogens (tertiary/aromatic N) is 3. The highest BCUT2D eigenvalue weighted by molar-refractivity contribution is 5.92. The van der Waals surface area contributed by atoms with Crippen molar-refractivity contribution < 1.29 is 28.2 Å². The lowest BCUT2D eigenvalue weighted by atomic mass is 10.0. The number of imidazole rings is 1. The Labute approximate surface area is 277 Å². The Morgan fingerprint density at radius 2 is 1.60 bits per heavy atom. The highest BCUT2D eigenvalue weighted by atomic mass is 19.1. The number of benzene rings is 4. The van der Waals surface area contributed by atoms with E-state index in [1.807, 2.05) is 54.0 Å². The molecule has 0 aliphatic carbocycles. The van der Waals surface area contributed by atoms with Gasteiger partial charge in [0.1, 0.15) is 24.1 Å². The van der Waals surface area contributed by atoms with E-state index in [4.69, 9.17) is 14.5 Å². The van der Waals surface area contributed by atoms with Gasteiger partial charge in [-0.1, -0.05) is 54.6 Å². The van der Waals surface area contributed by atoms with Crippen molar-refractivity contribution in [1.29, 1.82) is 0 Å². The molecule has 0 radical (unpaired) electrons. The number of rotatable bonds is 13. The summed E-state index contributed by atoms with van der Waals surface area (Å²) in [4.78, 5) is 21.0. The molecular formula is C39H35F2N3O4. The van der Waals surface area contributed by atoms with Crippen LogP contribution in [0.3, 0.4) is 0 Å². The lowest BCUT2D eigenvalue weighted by molar-refractivity contribution is 0.0697. The number of carboxylic acids is 1. The second-order valence-electron chi connectivity index (χ2n) is 11.7. The van der Waals surface area contributed by atoms with Crippen molar-refractivity contribution in [2.75, 3.05) is 13.7 Å². The van der Waals surface area contributed by atoms with E-state index in [-0.39, 0.29) is 24.4 Å². The Bertz CT molecular complexity index is 2080. The van der Waals surface area contributed by atoms with Gasteiger partial charge < -0.3 is 19.1 Å². The minimum Gasteiger partial charge on any atom is -0.478 e. The van der Waals surface area contributed by atoms with Crippen LogP contribution in [0.15, 0.2) is 97.1 Å². The number of methoxy groups -OCH3 is 1. The zero-order valence-electron chi connectivity index (χ0n) is 26.7. The summed E-state index contributed by atoms with van der Waals surface area (Å²) in [5.41, 5.74) is 6.35. The van der Waals surface area contributed by atoms with Gasteiger partial charge in [0.15, 0.2) is 0 Å². The molecule has 2 heterocycles. The lowest BCUT2D eigenvalue weighted by Gasteiger charge is -2.13. The number of halogens is 2. The zero-order valence-corrected chi connectivity index (χ0v) is 26.7. The van der Waals surface area contributed by atoms with Crippen LogP contribution in [-0.2, 0) is 37.2 Å². The number of aromatic carboxylic acids is 1. The number of hydrogen-bond donors (Lipinski definition) is 1. The molecule has 48 heavy (non-hydrogen) atoms. The number of carbonyl (C=O) groups is 1. The first-order valence-corrected chi connectivity index (χ1v) is 15.7. The molecule has 6 aromatic rings. The van der Waals surface area contributed by atoms with E-state index in [1.165, 1.54) is 23.8 Å². The average molecular weight is 648 g/mol. The molecule has 6 rings (SSSR count). The molecule has 2 aromatic heterocycles. The molecule has 0 fully saturated rings. The molecule has 0 bridgehead atoms. The summed E-state index contributed by atoms with van der Waals surface area (Å²) in [6.45, 7) is 2.65. The Morgan fingerprint density at radius 1 is 0.833 bits per heavy atom. The van der Waals surface area contributed by atoms with E-state index in [0.29, 0.717) is 64.7 Å². The number of carboxylic acid groups (broad SMARTS) is 1. The van der Waals surface area contributed by atoms with Crippen LogP contribution in [0.1, 0.15) is 44.0 Å². The summed E-state index contributed by atoms with van der Waals surface area (Å²) in [6, 6.07) is 28.6. The SMILES string of the molecule is COCCn1c(Cc2ccc(-c3cc(CCc4ccccc4)cc(OCc4ccc(C)cc4F)n3)cc2F)nc2ccc(C(=O)O)cc21. The molecule has 0 saturated heterocycles. The first-order chi connectivity index (χ1) is 23.3. The standard InChI is InChI=1S/C39H35F2N3O4/c1-25-8-11-31(32(40)18-25)24-48-38-20-27(10-9-26-6-4-3-5-7-26)19-35(43-38)29-13-12-28(33(41)21-29)23-37-42-34-15-14-30(39(45)46)22-36(34)44(37)16-17-47-2/h3-8,11-15,18-22H,9-10,16-17,23-24H2,1-2H3,(H,45,46). The van der Waals surface area contributed by atoms with Crippen LogP contribution < -0.4 is 4.74 Å². The predicted molar refractivity (Wildman–Crippen MR) is 180 cm³/mol. The molecule has 1 N–H and O–H groups in total. The van der Waals surface area contributed by atoms with E-state index in [2.05, 4.69) is 17.1 Å². The van der Waals surface area contributed by atoms with Crippen LogP contribution in [0.2, 0.25) is 0 Å². The summed E-state index contributed by atoms with van der Waals surface area (Å²) < 4.78 is 43.5. The van der Waals surface area contributed by atoms with Crippen LogP contribution in [0, 0.1) is 18.6 Å². The van der Waals surface area contributed by atoms with E-state index in [0.717, 1.165) is 17.5 Å². The maximum absolute atomic E-state index is 15.8. The molecule has 0 aliphatic rings. The van der Waals surface area contributed by atoms with Crippen LogP contribution in [0.4, 0.5) is 8.78 Å². The number of hydrogen-bond acceptors (Lipinski definition) is 5. The van der Waals surface area contributed by atoms with E-state index >= 15 is 4.39 Å². The molecule has 4 aromatic carbocycles. The first-order valence-electron chi connectivity index (χ1n) is 15.7. The van der Waals surface area contributed by atoms with E-state index in [9.17, 15) is 14.3 Å². The second kappa shape index (κ2) is 14.6. The summed E-state index contributed by atoms with van der Waals surface area (Å²) in [5, 5.41) is 9.50. The minimum absolute atomic E-state index is 0.00597. The molecule has 0 aliphatic heterocycles. The fourth-order valence-corrected chi connectivity index (χ4v) is 5.67. The van der Waals surface area contributed by atoms with Gasteiger partial charge in [0.2, 0.25) is 5.88 Å². The third-order valence-electron chi connectivity index (χ3n) is 8.28. The minimum atomic E-state index is -1.03. The Kier molecular flexibility index (Phi) is 9.87. The quantitative estimate of drug-likeness (QED) is 0.137. The summed E-state index contributed by atoms with van der Waals surface area (Å²) in [6.07, 6.45) is 1.69. The number of aromatic nitrogens is 3. The maximum Gasteiger partial charge on any atom is 0.335 e. The fraction of sp³-hybridized carbons (Fsp3) is 0.205. The molecule has 0 unspecified atom stereocenters. The molecule has 7 nitrogen and oxygen atoms in total. The monoisotopic (exact) mass is 647 g/mol. The largest absolute Gasteiger partial charge is 0.478 e. The molecule has 244 valence electrons. The van der Waals surface area contributed by atoms with E-state index < -0.39 is 11.8 Å². The molecule has 9 heteroatoms. The van der Waals surface area contributed by atoms with Gasteiger partial charge in [0.05, 0.1) is 28.9 Å². The molecular weight excluding hydrogens is 612 g/mol. The van der Waals surface area contributed by atoms with Crippen LogP contribution >= 0.6 is 0 Å². The smallest absolute Gasteiger partial charge is 0.335 e. The molecule has 0 spiro atoms. The van der Waals surface area contributed by atoms with Crippen LogP contribution in [0.5, 0.6) is 5.88 Å². The van der Waals surface area contributed by atoms with Crippen molar-refractivity contribution in [3.8, 4) is 17.1 Å². The third kappa shape index (κ3) is 7.58. The van der Waals surface area contributed by atoms with Crippen molar-refractivity contribution >= 4 is 17.0 Å². The van der Waals surface area contributed by atoms with Gasteiger partial charge in [-0.25, -0.2) is 23.5 Å². The predicted octanol–water partition coefficient (Wildman–Crippen LogP) is 7.98. The van der Waals surface area contributed by atoms with E-state index in [1.54, 1.807) is 31.4 Å². The van der Waals surface area contributed by atoms with Crippen LogP contribution in [-0.4, -0.2) is 39.3 Å².